The van der Waals surface area contributed by atoms with Gasteiger partial charge in [0.25, 0.3) is 0 Å². The van der Waals surface area contributed by atoms with Crippen LogP contribution in [0.4, 0.5) is 0 Å². The lowest BCUT2D eigenvalue weighted by Crippen LogP contribution is -2.23. The summed E-state index contributed by atoms with van der Waals surface area (Å²) in [4.78, 5) is 0. The highest BCUT2D eigenvalue weighted by molar-refractivity contribution is 7.91. The number of benzene rings is 2. The van der Waals surface area contributed by atoms with Crippen molar-refractivity contribution in [2.75, 3.05) is 25.2 Å². The third-order valence-corrected chi connectivity index (χ3v) is 6.11. The molecule has 4 nitrogen and oxygen atoms in total. The Labute approximate surface area is 143 Å². The smallest absolute Gasteiger partial charge is 0.150 e. The summed E-state index contributed by atoms with van der Waals surface area (Å²) >= 11 is 0. The molecule has 0 aromatic heterocycles. The average Bonchev–Trinajstić information content (AvgIpc) is 2.86. The number of hydrogen-bond acceptors (Lipinski definition) is 4. The number of ether oxygens (including phenoxy) is 1. The molecule has 1 saturated heterocycles. The van der Waals surface area contributed by atoms with Crippen LogP contribution in [0.1, 0.15) is 12.0 Å². The number of methoxy groups -OCH3 is 1. The number of hydrogen-bond donors (Lipinski definition) is 1. The molecule has 2 aromatic carbocycles. The molecule has 0 amide bonds. The summed E-state index contributed by atoms with van der Waals surface area (Å²) in [6.07, 6.45) is 0.776. The van der Waals surface area contributed by atoms with Gasteiger partial charge in [0.05, 0.1) is 18.6 Å². The molecule has 6 heteroatoms. The van der Waals surface area contributed by atoms with E-state index >= 15 is 0 Å². The first-order valence-electron chi connectivity index (χ1n) is 7.55. The number of sulfone groups is 1. The van der Waals surface area contributed by atoms with Crippen LogP contribution in [0, 0.1) is 5.92 Å². The quantitative estimate of drug-likeness (QED) is 0.896. The highest BCUT2D eigenvalue weighted by Crippen LogP contribution is 2.28. The van der Waals surface area contributed by atoms with E-state index in [2.05, 4.69) is 23.5 Å². The van der Waals surface area contributed by atoms with Gasteiger partial charge in [-0.15, -0.1) is 12.4 Å². The van der Waals surface area contributed by atoms with Gasteiger partial charge in [-0.3, -0.25) is 0 Å². The second kappa shape index (κ2) is 7.51. The lowest BCUT2D eigenvalue weighted by atomic mass is 10.0. The molecule has 0 spiro atoms. The standard InChI is InChI=1S/C17H21NO3S.ClH/c1-21-17-7-6-14(15-4-2-3-5-16(15)17)11-18-10-13-8-9-22(19,20)12-13;/h2-7,13,18H,8-12H2,1H3;1H. The minimum absolute atomic E-state index is 0. The minimum atomic E-state index is -2.79. The van der Waals surface area contributed by atoms with Crippen molar-refractivity contribution in [3.8, 4) is 5.75 Å². The average molecular weight is 356 g/mol. The summed E-state index contributed by atoms with van der Waals surface area (Å²) in [7, 11) is -1.11. The van der Waals surface area contributed by atoms with Crippen molar-refractivity contribution in [3.63, 3.8) is 0 Å². The summed E-state index contributed by atoms with van der Waals surface area (Å²) in [6.45, 7) is 1.49. The topological polar surface area (TPSA) is 55.4 Å². The van der Waals surface area contributed by atoms with Gasteiger partial charge in [0.1, 0.15) is 5.75 Å². The summed E-state index contributed by atoms with van der Waals surface area (Å²) < 4.78 is 28.4. The maximum atomic E-state index is 11.5. The van der Waals surface area contributed by atoms with Crippen LogP contribution >= 0.6 is 12.4 Å². The molecule has 1 atom stereocenters. The molecule has 1 N–H and O–H groups in total. The second-order valence-corrected chi connectivity index (χ2v) is 8.10. The summed E-state index contributed by atoms with van der Waals surface area (Å²) in [5.74, 6) is 1.78. The maximum Gasteiger partial charge on any atom is 0.150 e. The van der Waals surface area contributed by atoms with Crippen molar-refractivity contribution < 1.29 is 13.2 Å². The van der Waals surface area contributed by atoms with Crippen molar-refractivity contribution in [2.45, 2.75) is 13.0 Å². The molecule has 1 heterocycles. The highest BCUT2D eigenvalue weighted by Gasteiger charge is 2.27. The number of fused-ring (bicyclic) bond motifs is 1. The third kappa shape index (κ3) is 4.16. The first kappa shape index (κ1) is 18.0. The van der Waals surface area contributed by atoms with Crippen LogP contribution in [0.25, 0.3) is 10.8 Å². The van der Waals surface area contributed by atoms with E-state index < -0.39 is 9.84 Å². The van der Waals surface area contributed by atoms with E-state index in [0.717, 1.165) is 30.6 Å². The van der Waals surface area contributed by atoms with Gasteiger partial charge < -0.3 is 10.1 Å². The normalized spacial score (nSPS) is 19.4. The second-order valence-electron chi connectivity index (χ2n) is 5.87. The molecule has 3 rings (SSSR count). The zero-order chi connectivity index (χ0) is 15.6. The Balaban J connectivity index is 0.00000192. The van der Waals surface area contributed by atoms with Gasteiger partial charge in [-0.2, -0.15) is 0 Å². The molecule has 23 heavy (non-hydrogen) atoms. The highest BCUT2D eigenvalue weighted by atomic mass is 35.5. The van der Waals surface area contributed by atoms with E-state index in [9.17, 15) is 8.42 Å². The zero-order valence-electron chi connectivity index (χ0n) is 13.1. The van der Waals surface area contributed by atoms with Crippen molar-refractivity contribution in [1.82, 2.24) is 5.32 Å². The molecule has 1 aliphatic heterocycles. The van der Waals surface area contributed by atoms with Crippen LogP contribution in [-0.2, 0) is 16.4 Å². The zero-order valence-corrected chi connectivity index (χ0v) is 14.8. The molecule has 0 radical (unpaired) electrons. The Morgan fingerprint density at radius 3 is 2.57 bits per heavy atom. The predicted molar refractivity (Wildman–Crippen MR) is 96.2 cm³/mol. The Hall–Kier alpha value is -1.30. The fraction of sp³-hybridized carbons (Fsp3) is 0.412. The number of nitrogens with one attached hydrogen (secondary N) is 1. The van der Waals surface area contributed by atoms with Gasteiger partial charge in [0, 0.05) is 11.9 Å². The van der Waals surface area contributed by atoms with Gasteiger partial charge in [-0.05, 0) is 35.9 Å². The fourth-order valence-electron chi connectivity index (χ4n) is 3.11. The predicted octanol–water partition coefficient (Wildman–Crippen LogP) is 2.79. The Morgan fingerprint density at radius 2 is 1.91 bits per heavy atom. The van der Waals surface area contributed by atoms with Crippen molar-refractivity contribution in [1.29, 1.82) is 0 Å². The molecular formula is C17H22ClNO3S. The Kier molecular flexibility index (Phi) is 5.89. The van der Waals surface area contributed by atoms with Gasteiger partial charge in [-0.25, -0.2) is 8.42 Å². The minimum Gasteiger partial charge on any atom is -0.496 e. The van der Waals surface area contributed by atoms with Crippen LogP contribution in [-0.4, -0.2) is 33.6 Å². The lowest BCUT2D eigenvalue weighted by molar-refractivity contribution is 0.419. The summed E-state index contributed by atoms with van der Waals surface area (Å²) in [6, 6.07) is 12.2. The first-order valence-corrected chi connectivity index (χ1v) is 9.37. The van der Waals surface area contributed by atoms with Crippen molar-refractivity contribution in [2.24, 2.45) is 5.92 Å². The maximum absolute atomic E-state index is 11.5. The largest absolute Gasteiger partial charge is 0.496 e. The van der Waals surface area contributed by atoms with E-state index in [0.29, 0.717) is 11.5 Å². The SMILES string of the molecule is COc1ccc(CNCC2CCS(=O)(=O)C2)c2ccccc12.Cl. The van der Waals surface area contributed by atoms with E-state index in [4.69, 9.17) is 4.74 Å². The van der Waals surface area contributed by atoms with E-state index in [-0.39, 0.29) is 18.3 Å². The lowest BCUT2D eigenvalue weighted by Gasteiger charge is -2.13. The molecular weight excluding hydrogens is 334 g/mol. The fourth-order valence-corrected chi connectivity index (χ4v) is 4.97. The Bertz CT molecular complexity index is 777. The summed E-state index contributed by atoms with van der Waals surface area (Å²) in [5.41, 5.74) is 1.21. The van der Waals surface area contributed by atoms with E-state index in [1.807, 2.05) is 18.2 Å². The van der Waals surface area contributed by atoms with Crippen LogP contribution in [0.5, 0.6) is 5.75 Å². The number of rotatable bonds is 5. The molecule has 0 saturated carbocycles. The molecule has 1 fully saturated rings. The molecule has 0 aliphatic carbocycles. The van der Waals surface area contributed by atoms with Crippen LogP contribution in [0.3, 0.4) is 0 Å². The van der Waals surface area contributed by atoms with E-state index in [1.165, 1.54) is 10.9 Å². The molecule has 1 aliphatic rings. The van der Waals surface area contributed by atoms with Gasteiger partial charge in [0.15, 0.2) is 9.84 Å². The van der Waals surface area contributed by atoms with Crippen molar-refractivity contribution >= 4 is 33.0 Å². The molecule has 0 bridgehead atoms. The van der Waals surface area contributed by atoms with Crippen LogP contribution in [0.2, 0.25) is 0 Å². The van der Waals surface area contributed by atoms with Crippen molar-refractivity contribution in [3.05, 3.63) is 42.0 Å². The van der Waals surface area contributed by atoms with Gasteiger partial charge in [-0.1, -0.05) is 30.3 Å². The monoisotopic (exact) mass is 355 g/mol. The van der Waals surface area contributed by atoms with E-state index in [1.54, 1.807) is 7.11 Å². The first-order chi connectivity index (χ1) is 10.6. The molecule has 126 valence electrons. The molecule has 2 aromatic rings. The van der Waals surface area contributed by atoms with Crippen LogP contribution in [0.15, 0.2) is 36.4 Å². The Morgan fingerprint density at radius 1 is 1.17 bits per heavy atom. The molecule has 1 unspecified atom stereocenters. The third-order valence-electron chi connectivity index (χ3n) is 4.27. The summed E-state index contributed by atoms with van der Waals surface area (Å²) in [5, 5.41) is 5.68. The number of halogens is 1. The van der Waals surface area contributed by atoms with Gasteiger partial charge >= 0.3 is 0 Å². The van der Waals surface area contributed by atoms with Gasteiger partial charge in [0.2, 0.25) is 0 Å². The van der Waals surface area contributed by atoms with Crippen LogP contribution < -0.4 is 10.1 Å².